The van der Waals surface area contributed by atoms with Crippen molar-refractivity contribution in [1.82, 2.24) is 4.90 Å². The van der Waals surface area contributed by atoms with Crippen LogP contribution in [0.15, 0.2) is 12.1 Å². The number of halogens is 1. The highest BCUT2D eigenvalue weighted by Gasteiger charge is 2.18. The molecule has 0 radical (unpaired) electrons. The normalized spacial score (nSPS) is 16.1. The second-order valence-corrected chi connectivity index (χ2v) is 4.70. The Bertz CT molecular complexity index is 428. The molecule has 2 N–H and O–H groups in total. The topological polar surface area (TPSA) is 49.6 Å². The van der Waals surface area contributed by atoms with Crippen LogP contribution in [-0.4, -0.2) is 37.5 Å². The number of rotatable bonds is 2. The van der Waals surface area contributed by atoms with Gasteiger partial charge < -0.3 is 15.5 Å². The molecule has 0 aromatic heterocycles. The van der Waals surface area contributed by atoms with Crippen molar-refractivity contribution < 1.29 is 4.79 Å². The third kappa shape index (κ3) is 2.47. The maximum atomic E-state index is 10.6. The SMILES string of the molecule is Cc1cc(N2CCN(C=O)CC2)c(N)cc1Cl. The van der Waals surface area contributed by atoms with Gasteiger partial charge in [0, 0.05) is 31.2 Å². The van der Waals surface area contributed by atoms with Crippen molar-refractivity contribution in [2.24, 2.45) is 0 Å². The average molecular weight is 254 g/mol. The summed E-state index contributed by atoms with van der Waals surface area (Å²) in [6.45, 7) is 5.07. The van der Waals surface area contributed by atoms with Gasteiger partial charge >= 0.3 is 0 Å². The van der Waals surface area contributed by atoms with Crippen LogP contribution >= 0.6 is 11.6 Å². The molecular formula is C12H16ClN3O. The van der Waals surface area contributed by atoms with Crippen molar-refractivity contribution in [1.29, 1.82) is 0 Å². The minimum atomic E-state index is 0.692. The van der Waals surface area contributed by atoms with E-state index in [1.165, 1.54) is 0 Å². The second kappa shape index (κ2) is 4.84. The van der Waals surface area contributed by atoms with Crippen molar-refractivity contribution in [2.45, 2.75) is 6.92 Å². The molecule has 1 saturated heterocycles. The van der Waals surface area contributed by atoms with Crippen molar-refractivity contribution in [3.63, 3.8) is 0 Å². The number of piperazine rings is 1. The van der Waals surface area contributed by atoms with E-state index in [-0.39, 0.29) is 0 Å². The van der Waals surface area contributed by atoms with Gasteiger partial charge in [-0.05, 0) is 24.6 Å². The first-order valence-electron chi connectivity index (χ1n) is 5.61. The number of nitrogens with two attached hydrogens (primary N) is 1. The fraction of sp³-hybridized carbons (Fsp3) is 0.417. The van der Waals surface area contributed by atoms with Gasteiger partial charge in [0.1, 0.15) is 0 Å². The maximum Gasteiger partial charge on any atom is 0.209 e. The van der Waals surface area contributed by atoms with E-state index in [2.05, 4.69) is 4.90 Å². The predicted octanol–water partition coefficient (Wildman–Crippen LogP) is 1.51. The van der Waals surface area contributed by atoms with E-state index in [1.54, 1.807) is 11.0 Å². The van der Waals surface area contributed by atoms with Crippen LogP contribution in [0.3, 0.4) is 0 Å². The Balaban J connectivity index is 2.18. The summed E-state index contributed by atoms with van der Waals surface area (Å²) < 4.78 is 0. The number of hydrogen-bond donors (Lipinski definition) is 1. The molecular weight excluding hydrogens is 238 g/mol. The quantitative estimate of drug-likeness (QED) is 0.642. The van der Waals surface area contributed by atoms with Crippen LogP contribution in [-0.2, 0) is 4.79 Å². The second-order valence-electron chi connectivity index (χ2n) is 4.29. The van der Waals surface area contributed by atoms with Gasteiger partial charge in [-0.15, -0.1) is 0 Å². The monoisotopic (exact) mass is 253 g/mol. The van der Waals surface area contributed by atoms with E-state index >= 15 is 0 Å². The molecule has 0 atom stereocenters. The molecule has 1 fully saturated rings. The molecule has 17 heavy (non-hydrogen) atoms. The first-order chi connectivity index (χ1) is 8.11. The van der Waals surface area contributed by atoms with Gasteiger partial charge in [0.05, 0.1) is 11.4 Å². The lowest BCUT2D eigenvalue weighted by Crippen LogP contribution is -2.45. The molecule has 0 spiro atoms. The summed E-state index contributed by atoms with van der Waals surface area (Å²) in [7, 11) is 0. The molecule has 1 heterocycles. The zero-order valence-corrected chi connectivity index (χ0v) is 10.6. The first-order valence-corrected chi connectivity index (χ1v) is 5.99. The molecule has 0 unspecified atom stereocenters. The van der Waals surface area contributed by atoms with Gasteiger partial charge in [-0.25, -0.2) is 0 Å². The van der Waals surface area contributed by atoms with Crippen LogP contribution in [0.5, 0.6) is 0 Å². The number of anilines is 2. The van der Waals surface area contributed by atoms with Crippen LogP contribution in [0.4, 0.5) is 11.4 Å². The van der Waals surface area contributed by atoms with Gasteiger partial charge in [-0.1, -0.05) is 11.6 Å². The molecule has 0 bridgehead atoms. The summed E-state index contributed by atoms with van der Waals surface area (Å²) in [6, 6.07) is 3.80. The highest BCUT2D eigenvalue weighted by Crippen LogP contribution is 2.30. The number of hydrogen-bond acceptors (Lipinski definition) is 3. The molecule has 92 valence electrons. The van der Waals surface area contributed by atoms with Gasteiger partial charge in [-0.2, -0.15) is 0 Å². The van der Waals surface area contributed by atoms with Gasteiger partial charge in [0.25, 0.3) is 0 Å². The smallest absolute Gasteiger partial charge is 0.209 e. The Labute approximate surface area is 106 Å². The van der Waals surface area contributed by atoms with Gasteiger partial charge in [0.2, 0.25) is 6.41 Å². The maximum absolute atomic E-state index is 10.6. The van der Waals surface area contributed by atoms with Crippen molar-refractivity contribution in [3.05, 3.63) is 22.7 Å². The summed E-state index contributed by atoms with van der Waals surface area (Å²) in [6.07, 6.45) is 0.897. The minimum Gasteiger partial charge on any atom is -0.397 e. The lowest BCUT2D eigenvalue weighted by atomic mass is 10.1. The van der Waals surface area contributed by atoms with E-state index < -0.39 is 0 Å². The molecule has 0 saturated carbocycles. The van der Waals surface area contributed by atoms with Crippen LogP contribution in [0.1, 0.15) is 5.56 Å². The standard InChI is InChI=1S/C12H16ClN3O/c1-9-6-12(11(14)7-10(9)13)16-4-2-15(8-17)3-5-16/h6-8H,2-5,14H2,1H3. The molecule has 2 rings (SSSR count). The Morgan fingerprint density at radius 2 is 1.94 bits per heavy atom. The van der Waals surface area contributed by atoms with E-state index in [4.69, 9.17) is 17.3 Å². The van der Waals surface area contributed by atoms with Crippen molar-refractivity contribution in [2.75, 3.05) is 36.8 Å². The number of nitrogen functional groups attached to an aromatic ring is 1. The number of nitrogens with zero attached hydrogens (tertiary/aromatic N) is 2. The summed E-state index contributed by atoms with van der Waals surface area (Å²) in [5.41, 5.74) is 8.71. The lowest BCUT2D eigenvalue weighted by molar-refractivity contribution is -0.118. The van der Waals surface area contributed by atoms with E-state index in [1.807, 2.05) is 13.0 Å². The molecule has 1 aromatic rings. The van der Waals surface area contributed by atoms with Crippen LogP contribution in [0.2, 0.25) is 5.02 Å². The third-order valence-corrected chi connectivity index (χ3v) is 3.52. The molecule has 0 aliphatic carbocycles. The minimum absolute atomic E-state index is 0.692. The van der Waals surface area contributed by atoms with Crippen molar-refractivity contribution in [3.8, 4) is 0 Å². The zero-order chi connectivity index (χ0) is 12.4. The highest BCUT2D eigenvalue weighted by atomic mass is 35.5. The summed E-state index contributed by atoms with van der Waals surface area (Å²) >= 11 is 6.02. The largest absolute Gasteiger partial charge is 0.397 e. The molecule has 5 heteroatoms. The average Bonchev–Trinajstić information content (AvgIpc) is 2.34. The number of carbonyl (C=O) groups excluding carboxylic acids is 1. The molecule has 1 aliphatic rings. The summed E-state index contributed by atoms with van der Waals surface area (Å²) in [4.78, 5) is 14.6. The molecule has 1 amide bonds. The number of aryl methyl sites for hydroxylation is 1. The number of carbonyl (C=O) groups is 1. The van der Waals surface area contributed by atoms with Gasteiger partial charge in [0.15, 0.2) is 0 Å². The predicted molar refractivity (Wildman–Crippen MR) is 70.5 cm³/mol. The first kappa shape index (κ1) is 12.0. The summed E-state index contributed by atoms with van der Waals surface area (Å²) in [5, 5.41) is 0.692. The molecule has 4 nitrogen and oxygen atoms in total. The zero-order valence-electron chi connectivity index (χ0n) is 9.82. The summed E-state index contributed by atoms with van der Waals surface area (Å²) in [5.74, 6) is 0. The fourth-order valence-electron chi connectivity index (χ4n) is 2.02. The fourth-order valence-corrected chi connectivity index (χ4v) is 2.20. The van der Waals surface area contributed by atoms with Crippen molar-refractivity contribution >= 4 is 29.4 Å². The van der Waals surface area contributed by atoms with Crippen LogP contribution < -0.4 is 10.6 Å². The molecule has 1 aromatic carbocycles. The van der Waals surface area contributed by atoms with E-state index in [0.29, 0.717) is 10.7 Å². The highest BCUT2D eigenvalue weighted by molar-refractivity contribution is 6.31. The Kier molecular flexibility index (Phi) is 3.43. The number of benzene rings is 1. The van der Waals surface area contributed by atoms with Crippen LogP contribution in [0.25, 0.3) is 0 Å². The Morgan fingerprint density at radius 3 is 2.53 bits per heavy atom. The van der Waals surface area contributed by atoms with E-state index in [0.717, 1.165) is 43.8 Å². The number of amides is 1. The van der Waals surface area contributed by atoms with E-state index in [9.17, 15) is 4.79 Å². The Morgan fingerprint density at radius 1 is 1.29 bits per heavy atom. The third-order valence-electron chi connectivity index (χ3n) is 3.11. The Hall–Kier alpha value is -1.42. The van der Waals surface area contributed by atoms with Gasteiger partial charge in [-0.3, -0.25) is 4.79 Å². The lowest BCUT2D eigenvalue weighted by Gasteiger charge is -2.35. The molecule has 1 aliphatic heterocycles. The van der Waals surface area contributed by atoms with Crippen LogP contribution in [0, 0.1) is 6.92 Å².